The van der Waals surface area contributed by atoms with Gasteiger partial charge in [-0.25, -0.2) is 14.4 Å². The lowest BCUT2D eigenvalue weighted by Gasteiger charge is -2.55. The van der Waals surface area contributed by atoms with E-state index in [0.29, 0.717) is 207 Å². The van der Waals surface area contributed by atoms with Crippen LogP contribution in [0.1, 0.15) is 308 Å². The number of hydrogen-bond acceptors (Lipinski definition) is 24. The molecule has 116 heavy (non-hydrogen) atoms. The van der Waals surface area contributed by atoms with Gasteiger partial charge >= 0.3 is 41.8 Å². The Morgan fingerprint density at radius 2 is 0.474 bits per heavy atom. The number of ether oxygens (including phenoxy) is 12. The molecule has 8 rings (SSSR count). The Labute approximate surface area is 692 Å². The summed E-state index contributed by atoms with van der Waals surface area (Å²) in [5.74, 6) is -5.51. The molecule has 0 aromatic rings. The van der Waals surface area contributed by atoms with Crippen molar-refractivity contribution in [1.29, 1.82) is 0 Å². The number of aliphatic hydroxyl groups excluding tert-OH is 3. The van der Waals surface area contributed by atoms with Gasteiger partial charge in [-0.2, -0.15) is 0 Å². The summed E-state index contributed by atoms with van der Waals surface area (Å²) in [6.07, 6.45) is 30.9. The van der Waals surface area contributed by atoms with Crippen LogP contribution >= 0.6 is 0 Å². The van der Waals surface area contributed by atoms with Crippen LogP contribution in [0.2, 0.25) is 0 Å². The third-order valence-electron chi connectivity index (χ3n) is 27.0. The fourth-order valence-corrected chi connectivity index (χ4v) is 19.8. The molecular formula is C92H148O24. The van der Waals surface area contributed by atoms with Crippen molar-refractivity contribution in [2.24, 2.45) is 47.3 Å². The molecule has 8 fully saturated rings. The maximum Gasteiger partial charge on any atom is 0.330 e. The molecule has 24 heteroatoms. The first kappa shape index (κ1) is 96.3. The van der Waals surface area contributed by atoms with E-state index in [0.717, 1.165) is 154 Å². The Balaban J connectivity index is 0.895. The average molecular weight is 1640 g/mol. The van der Waals surface area contributed by atoms with Crippen LogP contribution in [0.5, 0.6) is 0 Å². The second-order valence-electron chi connectivity index (χ2n) is 35.0. The molecule has 4 atom stereocenters. The molecule has 8 aliphatic rings. The molecule has 0 aromatic carbocycles. The topological polar surface area (TPSA) is 331 Å². The van der Waals surface area contributed by atoms with Crippen molar-refractivity contribution in [1.82, 2.24) is 0 Å². The van der Waals surface area contributed by atoms with Crippen LogP contribution < -0.4 is 0 Å². The van der Waals surface area contributed by atoms with Gasteiger partial charge in [-0.3, -0.25) is 19.2 Å². The minimum Gasteiger partial charge on any atom is -0.463 e. The molecule has 0 radical (unpaired) electrons. The molecule has 660 valence electrons. The van der Waals surface area contributed by atoms with E-state index in [2.05, 4.69) is 26.3 Å². The molecule has 24 nitrogen and oxygen atoms in total. The second kappa shape index (κ2) is 52.9. The van der Waals surface area contributed by atoms with Crippen molar-refractivity contribution in [3.63, 3.8) is 0 Å². The smallest absolute Gasteiger partial charge is 0.330 e. The van der Waals surface area contributed by atoms with Gasteiger partial charge in [-0.05, 0) is 306 Å². The molecule has 0 heterocycles. The van der Waals surface area contributed by atoms with Crippen molar-refractivity contribution in [3.05, 3.63) is 50.6 Å². The summed E-state index contributed by atoms with van der Waals surface area (Å²) in [5.41, 5.74) is -3.89. The van der Waals surface area contributed by atoms with Crippen LogP contribution in [-0.2, 0) is 90.4 Å². The summed E-state index contributed by atoms with van der Waals surface area (Å²) >= 11 is 0. The Bertz CT molecular complexity index is 2670. The molecule has 8 aliphatic carbocycles. The van der Waals surface area contributed by atoms with E-state index >= 15 is 0 Å². The third-order valence-corrected chi connectivity index (χ3v) is 27.0. The average Bonchev–Trinajstić information content (AvgIpc) is 0.737. The predicted molar refractivity (Wildman–Crippen MR) is 436 cm³/mol. The number of hydrogen-bond donors (Lipinski definition) is 5. The van der Waals surface area contributed by atoms with Gasteiger partial charge in [0.2, 0.25) is 0 Å². The summed E-state index contributed by atoms with van der Waals surface area (Å²) in [6, 6.07) is 0. The van der Waals surface area contributed by atoms with E-state index in [4.69, 9.17) is 56.8 Å². The highest BCUT2D eigenvalue weighted by atomic mass is 16.6. The quantitative estimate of drug-likeness (QED) is 0.00943. The van der Waals surface area contributed by atoms with E-state index in [1.165, 1.54) is 24.3 Å². The van der Waals surface area contributed by atoms with Crippen molar-refractivity contribution in [3.8, 4) is 0 Å². The molecule has 5 N–H and O–H groups in total. The molecule has 0 amide bonds. The van der Waals surface area contributed by atoms with E-state index < -0.39 is 95.7 Å². The van der Waals surface area contributed by atoms with Crippen LogP contribution in [0.3, 0.4) is 0 Å². The maximum atomic E-state index is 14.0. The summed E-state index contributed by atoms with van der Waals surface area (Å²) in [6.45, 7) is 17.9. The van der Waals surface area contributed by atoms with Gasteiger partial charge in [0.1, 0.15) is 36.6 Å². The number of esters is 7. The predicted octanol–water partition coefficient (Wildman–Crippen LogP) is 14.8. The highest BCUT2D eigenvalue weighted by molar-refractivity contribution is 5.82. The van der Waals surface area contributed by atoms with Gasteiger partial charge in [-0.1, -0.05) is 58.4 Å². The van der Waals surface area contributed by atoms with Gasteiger partial charge in [0.15, 0.2) is 6.29 Å². The molecule has 0 spiro atoms. The zero-order chi connectivity index (χ0) is 82.9. The molecule has 0 saturated heterocycles. The van der Waals surface area contributed by atoms with Crippen molar-refractivity contribution >= 4 is 41.8 Å². The van der Waals surface area contributed by atoms with Gasteiger partial charge in [0, 0.05) is 44.7 Å². The van der Waals surface area contributed by atoms with E-state index in [1.54, 1.807) is 0 Å². The zero-order valence-electron chi connectivity index (χ0n) is 70.2. The van der Waals surface area contributed by atoms with Crippen LogP contribution in [0.15, 0.2) is 50.6 Å². The minimum atomic E-state index is -1.94. The first-order valence-corrected chi connectivity index (χ1v) is 45.6. The van der Waals surface area contributed by atoms with Crippen molar-refractivity contribution in [2.75, 3.05) is 52.9 Å². The largest absolute Gasteiger partial charge is 0.463 e. The first-order chi connectivity index (χ1) is 56.2. The van der Waals surface area contributed by atoms with E-state index in [9.17, 15) is 59.1 Å². The molecule has 0 bridgehead atoms. The highest BCUT2D eigenvalue weighted by Gasteiger charge is 2.61. The number of unbranched alkanes of at least 4 members (excludes halogenated alkanes) is 12. The fraction of sp³-hybridized carbons (Fsp3) is 0.837. The Morgan fingerprint density at radius 3 is 0.681 bits per heavy atom. The lowest BCUT2D eigenvalue weighted by atomic mass is 9.57. The number of carbonyl (C=O) groups excluding carboxylic acids is 7. The standard InChI is InChI=1S/C92H148O24/c1-5-81(93)109-61-21-13-9-17-57-105-73-41-25-65(26-42-73)87(99)113-77-49-33-69(34-50-77)91(103,70-35-51-78(52-36-70)114-88(100)66-27-43-74(44-28-66)106-58-18-10-14-22-62-110-82(94)6-2)85(97)86(98)92(104,71-37-53-79(54-38-71)115-89(101)67-29-45-75(46-30-67)107-59-19-11-15-23-63-111-83(95)7-3)72-39-55-80(56-40-72)116-90(102)68-31-47-76(48-32-68)108-60-20-12-16-24-64-112-84(96)8-4/h5-8,65-81,85-86,93,97-98,103-104H,1-4,9-64H2. The lowest BCUT2D eigenvalue weighted by Crippen LogP contribution is -2.68. The normalized spacial score (nSPS) is 29.7. The molecule has 0 aliphatic heterocycles. The summed E-state index contributed by atoms with van der Waals surface area (Å²) in [4.78, 5) is 90.0. The van der Waals surface area contributed by atoms with Crippen LogP contribution in [0.4, 0.5) is 0 Å². The number of rotatable bonds is 52. The summed E-state index contributed by atoms with van der Waals surface area (Å²) in [5, 5.41) is 64.4. The summed E-state index contributed by atoms with van der Waals surface area (Å²) in [7, 11) is 0. The SMILES string of the molecule is C=CC(=O)OCCCCCCOC1CCC(C(=O)OC2CCC(C(O)(C3CCC(OC(=O)C4CCC(OCCCCCCOC(=O)C=C)CC4)CC3)C(O)C(O)C(O)(C3CCC(OC(=O)C4CCC(OCCCCCCOC(=O)C=C)CC4)CC3)C3CCC(OC(=O)C4CCC(OCCCCCCOC(O)C=C)CC4)CC3)CC2)CC1. The monoisotopic (exact) mass is 1640 g/mol. The number of aliphatic hydroxyl groups is 5. The third kappa shape index (κ3) is 32.0. The van der Waals surface area contributed by atoms with Gasteiger partial charge < -0.3 is 82.4 Å². The van der Waals surface area contributed by atoms with Crippen molar-refractivity contribution < 1.29 is 116 Å². The highest BCUT2D eigenvalue weighted by Crippen LogP contribution is 2.52. The van der Waals surface area contributed by atoms with E-state index in [-0.39, 0.29) is 72.0 Å². The number of carbonyl (C=O) groups is 7. The van der Waals surface area contributed by atoms with Crippen LogP contribution in [-0.4, -0.2) is 199 Å². The van der Waals surface area contributed by atoms with Crippen LogP contribution in [0, 0.1) is 47.3 Å². The second-order valence-corrected chi connectivity index (χ2v) is 35.0. The first-order valence-electron chi connectivity index (χ1n) is 45.6. The van der Waals surface area contributed by atoms with Gasteiger partial charge in [0.25, 0.3) is 0 Å². The minimum absolute atomic E-state index is 0.0639. The van der Waals surface area contributed by atoms with E-state index in [1.807, 2.05) is 0 Å². The summed E-state index contributed by atoms with van der Waals surface area (Å²) < 4.78 is 70.7. The molecule has 4 unspecified atom stereocenters. The fourth-order valence-electron chi connectivity index (χ4n) is 19.8. The van der Waals surface area contributed by atoms with Gasteiger partial charge in [0.05, 0.1) is 85.7 Å². The molecule has 0 aromatic heterocycles. The molecular weight excluding hydrogens is 1490 g/mol. The molecule has 8 saturated carbocycles. The Morgan fingerprint density at radius 1 is 0.276 bits per heavy atom. The zero-order valence-corrected chi connectivity index (χ0v) is 70.2. The van der Waals surface area contributed by atoms with Crippen molar-refractivity contribution in [2.45, 2.75) is 387 Å². The van der Waals surface area contributed by atoms with Crippen LogP contribution in [0.25, 0.3) is 0 Å². The Hall–Kier alpha value is -5.15. The van der Waals surface area contributed by atoms with Gasteiger partial charge in [-0.15, -0.1) is 0 Å². The Kier molecular flexibility index (Phi) is 43.9. The lowest BCUT2D eigenvalue weighted by molar-refractivity contribution is -0.257. The maximum absolute atomic E-state index is 14.0.